The van der Waals surface area contributed by atoms with E-state index in [0.29, 0.717) is 6.07 Å². The number of Topliss-reactive ketones (excluding diaryl/α,β-unsaturated/α-hetero) is 1. The quantitative estimate of drug-likeness (QED) is 0.842. The van der Waals surface area contributed by atoms with Gasteiger partial charge in [-0.3, -0.25) is 4.79 Å². The molecule has 4 nitrogen and oxygen atoms in total. The molecular weight excluding hydrogens is 251 g/mol. The molecule has 7 heteroatoms. The summed E-state index contributed by atoms with van der Waals surface area (Å²) in [6.07, 6.45) is -4.65. The first-order valence-corrected chi connectivity index (χ1v) is 4.91. The third kappa shape index (κ3) is 2.73. The molecular formula is C11H12F3NO3. The van der Waals surface area contributed by atoms with Crippen molar-refractivity contribution in [1.82, 2.24) is 0 Å². The number of hydrogen-bond donors (Lipinski definition) is 1. The van der Waals surface area contributed by atoms with Crippen molar-refractivity contribution in [3.8, 4) is 11.5 Å². The summed E-state index contributed by atoms with van der Waals surface area (Å²) in [6.45, 7) is -0.382. The minimum absolute atomic E-state index is 0.163. The van der Waals surface area contributed by atoms with Gasteiger partial charge in [0.25, 0.3) is 0 Å². The Morgan fingerprint density at radius 2 is 1.89 bits per heavy atom. The Hall–Kier alpha value is -1.76. The number of benzene rings is 1. The molecule has 1 aromatic rings. The van der Waals surface area contributed by atoms with Crippen LogP contribution in [0.25, 0.3) is 0 Å². The fourth-order valence-electron chi connectivity index (χ4n) is 1.45. The monoisotopic (exact) mass is 263 g/mol. The van der Waals surface area contributed by atoms with Crippen LogP contribution in [0.2, 0.25) is 0 Å². The molecule has 0 bridgehead atoms. The second-order valence-electron chi connectivity index (χ2n) is 3.38. The third-order valence-corrected chi connectivity index (χ3v) is 2.29. The lowest BCUT2D eigenvalue weighted by molar-refractivity contribution is -0.138. The van der Waals surface area contributed by atoms with Crippen molar-refractivity contribution >= 4 is 5.78 Å². The standard InChI is InChI=1S/C11H12F3NO3/c1-17-9-4-6(8(16)5-15)3-7(10(9)18-2)11(12,13)14/h3-4H,5,15H2,1-2H3. The highest BCUT2D eigenvalue weighted by Crippen LogP contribution is 2.42. The highest BCUT2D eigenvalue weighted by atomic mass is 19.4. The van der Waals surface area contributed by atoms with Crippen LogP contribution in [0, 0.1) is 0 Å². The minimum atomic E-state index is -4.65. The van der Waals surface area contributed by atoms with Crippen LogP contribution in [-0.4, -0.2) is 26.5 Å². The van der Waals surface area contributed by atoms with Gasteiger partial charge >= 0.3 is 6.18 Å². The Labute approximate surface area is 101 Å². The van der Waals surface area contributed by atoms with Gasteiger partial charge in [-0.05, 0) is 12.1 Å². The van der Waals surface area contributed by atoms with E-state index in [-0.39, 0.29) is 17.9 Å². The molecule has 0 aliphatic rings. The lowest BCUT2D eigenvalue weighted by atomic mass is 10.0. The van der Waals surface area contributed by atoms with Gasteiger partial charge < -0.3 is 15.2 Å². The maximum absolute atomic E-state index is 12.8. The number of ether oxygens (including phenoxy) is 2. The highest BCUT2D eigenvalue weighted by Gasteiger charge is 2.36. The van der Waals surface area contributed by atoms with Gasteiger partial charge in [0.2, 0.25) is 0 Å². The van der Waals surface area contributed by atoms with Crippen LogP contribution in [0.4, 0.5) is 13.2 Å². The molecule has 0 aromatic heterocycles. The van der Waals surface area contributed by atoms with Crippen molar-refractivity contribution in [2.75, 3.05) is 20.8 Å². The van der Waals surface area contributed by atoms with Crippen LogP contribution >= 0.6 is 0 Å². The first-order chi connectivity index (χ1) is 8.35. The van der Waals surface area contributed by atoms with E-state index >= 15 is 0 Å². The fraction of sp³-hybridized carbons (Fsp3) is 0.364. The Bertz CT molecular complexity index is 458. The Morgan fingerprint density at radius 3 is 2.28 bits per heavy atom. The zero-order valence-corrected chi connectivity index (χ0v) is 9.80. The predicted molar refractivity (Wildman–Crippen MR) is 57.9 cm³/mol. The van der Waals surface area contributed by atoms with E-state index in [1.54, 1.807) is 0 Å². The summed E-state index contributed by atoms with van der Waals surface area (Å²) in [4.78, 5) is 11.4. The summed E-state index contributed by atoms with van der Waals surface area (Å²) >= 11 is 0. The van der Waals surface area contributed by atoms with Crippen LogP contribution in [0.15, 0.2) is 12.1 Å². The molecule has 0 aliphatic carbocycles. The maximum atomic E-state index is 12.8. The van der Waals surface area contributed by atoms with Crippen molar-refractivity contribution in [3.63, 3.8) is 0 Å². The van der Waals surface area contributed by atoms with Gasteiger partial charge in [0.15, 0.2) is 17.3 Å². The van der Waals surface area contributed by atoms with Crippen LogP contribution < -0.4 is 15.2 Å². The van der Waals surface area contributed by atoms with Gasteiger partial charge in [0.1, 0.15) is 5.56 Å². The topological polar surface area (TPSA) is 61.5 Å². The number of rotatable bonds is 4. The normalized spacial score (nSPS) is 11.2. The van der Waals surface area contributed by atoms with E-state index < -0.39 is 23.3 Å². The second-order valence-corrected chi connectivity index (χ2v) is 3.38. The highest BCUT2D eigenvalue weighted by molar-refractivity contribution is 5.98. The summed E-state index contributed by atoms with van der Waals surface area (Å²) in [5, 5.41) is 0. The van der Waals surface area contributed by atoms with E-state index in [2.05, 4.69) is 4.74 Å². The Balaban J connectivity index is 3.51. The minimum Gasteiger partial charge on any atom is -0.493 e. The fourth-order valence-corrected chi connectivity index (χ4v) is 1.45. The third-order valence-electron chi connectivity index (χ3n) is 2.29. The summed E-state index contributed by atoms with van der Waals surface area (Å²) in [5.74, 6) is -1.23. The van der Waals surface area contributed by atoms with Gasteiger partial charge in [0.05, 0.1) is 20.8 Å². The molecule has 0 heterocycles. The first-order valence-electron chi connectivity index (χ1n) is 4.91. The van der Waals surface area contributed by atoms with Crippen molar-refractivity contribution in [3.05, 3.63) is 23.3 Å². The largest absolute Gasteiger partial charge is 0.493 e. The van der Waals surface area contributed by atoms with Crippen molar-refractivity contribution in [2.45, 2.75) is 6.18 Å². The molecule has 18 heavy (non-hydrogen) atoms. The van der Waals surface area contributed by atoms with Gasteiger partial charge in [-0.1, -0.05) is 0 Å². The average Bonchev–Trinajstić information content (AvgIpc) is 2.34. The molecule has 0 unspecified atom stereocenters. The summed E-state index contributed by atoms with van der Waals surface area (Å²) in [6, 6.07) is 1.87. The number of ketones is 1. The predicted octanol–water partition coefficient (Wildman–Crippen LogP) is 1.86. The van der Waals surface area contributed by atoms with Crippen LogP contribution in [0.3, 0.4) is 0 Å². The number of hydrogen-bond acceptors (Lipinski definition) is 4. The van der Waals surface area contributed by atoms with E-state index in [9.17, 15) is 18.0 Å². The lowest BCUT2D eigenvalue weighted by Gasteiger charge is -2.16. The van der Waals surface area contributed by atoms with Crippen LogP contribution in [-0.2, 0) is 6.18 Å². The van der Waals surface area contributed by atoms with Crippen molar-refractivity contribution < 1.29 is 27.4 Å². The smallest absolute Gasteiger partial charge is 0.420 e. The lowest BCUT2D eigenvalue weighted by Crippen LogP contribution is -2.16. The van der Waals surface area contributed by atoms with E-state index in [0.717, 1.165) is 7.11 Å². The van der Waals surface area contributed by atoms with Crippen molar-refractivity contribution in [2.24, 2.45) is 5.73 Å². The number of carbonyl (C=O) groups excluding carboxylic acids is 1. The molecule has 0 saturated heterocycles. The Morgan fingerprint density at radius 1 is 1.28 bits per heavy atom. The van der Waals surface area contributed by atoms with E-state index in [1.165, 1.54) is 13.2 Å². The summed E-state index contributed by atoms with van der Waals surface area (Å²) in [5.41, 5.74) is 3.89. The molecule has 0 atom stereocenters. The molecule has 2 N–H and O–H groups in total. The molecule has 0 spiro atoms. The van der Waals surface area contributed by atoms with Crippen LogP contribution in [0.1, 0.15) is 15.9 Å². The van der Waals surface area contributed by atoms with E-state index in [4.69, 9.17) is 10.5 Å². The molecule has 1 aromatic carbocycles. The molecule has 0 fully saturated rings. The molecule has 0 aliphatic heterocycles. The number of nitrogens with two attached hydrogens (primary N) is 1. The van der Waals surface area contributed by atoms with Gasteiger partial charge in [-0.15, -0.1) is 0 Å². The van der Waals surface area contributed by atoms with Gasteiger partial charge in [-0.25, -0.2) is 0 Å². The molecule has 0 saturated carbocycles. The number of methoxy groups -OCH3 is 2. The summed E-state index contributed by atoms with van der Waals surface area (Å²) < 4.78 is 47.9. The van der Waals surface area contributed by atoms with E-state index in [1.807, 2.05) is 0 Å². The molecule has 0 radical (unpaired) electrons. The number of alkyl halides is 3. The zero-order chi connectivity index (χ0) is 13.9. The molecule has 1 rings (SSSR count). The van der Waals surface area contributed by atoms with Crippen LogP contribution in [0.5, 0.6) is 11.5 Å². The number of halogens is 3. The molecule has 100 valence electrons. The Kier molecular flexibility index (Phi) is 4.18. The van der Waals surface area contributed by atoms with Gasteiger partial charge in [-0.2, -0.15) is 13.2 Å². The average molecular weight is 263 g/mol. The van der Waals surface area contributed by atoms with Gasteiger partial charge in [0, 0.05) is 5.56 Å². The maximum Gasteiger partial charge on any atom is 0.420 e. The van der Waals surface area contributed by atoms with Crippen molar-refractivity contribution in [1.29, 1.82) is 0 Å². The first kappa shape index (κ1) is 14.3. The number of carbonyl (C=O) groups is 1. The summed E-state index contributed by atoms with van der Waals surface area (Å²) in [7, 11) is 2.28. The SMILES string of the molecule is COc1cc(C(=O)CN)cc(C(F)(F)F)c1OC. The second kappa shape index (κ2) is 5.26. The molecule has 0 amide bonds. The zero-order valence-electron chi connectivity index (χ0n) is 9.80.